The molecule has 0 saturated carbocycles. The van der Waals surface area contributed by atoms with E-state index in [-0.39, 0.29) is 11.7 Å². The molecule has 0 spiro atoms. The molecular formula is C24H21N5O2S2. The highest BCUT2D eigenvalue weighted by atomic mass is 32.2. The van der Waals surface area contributed by atoms with Crippen LogP contribution < -0.4 is 0 Å². The first-order valence-electron chi connectivity index (χ1n) is 10.9. The minimum atomic E-state index is 0.0951. The van der Waals surface area contributed by atoms with Crippen LogP contribution >= 0.6 is 23.1 Å². The molecule has 5 aromatic rings. The SMILES string of the molecule is O=C(CSc1nnc(-c2c[nH]c3ccccc23)o1)N1CCCC(c2nc3ccccc3s2)C1. The van der Waals surface area contributed by atoms with Crippen LogP contribution in [-0.2, 0) is 4.79 Å². The molecule has 3 aromatic heterocycles. The van der Waals surface area contributed by atoms with Crippen molar-refractivity contribution < 1.29 is 9.21 Å². The first-order valence-corrected chi connectivity index (χ1v) is 12.7. The number of para-hydroxylation sites is 2. The van der Waals surface area contributed by atoms with Gasteiger partial charge in [-0.1, -0.05) is 42.1 Å². The lowest BCUT2D eigenvalue weighted by molar-refractivity contribution is -0.129. The van der Waals surface area contributed by atoms with Crippen molar-refractivity contribution >= 4 is 50.1 Å². The Bertz CT molecular complexity index is 1410. The van der Waals surface area contributed by atoms with Gasteiger partial charge in [-0.2, -0.15) is 0 Å². The second-order valence-corrected chi connectivity index (χ2v) is 10.1. The third kappa shape index (κ3) is 4.02. The molecule has 1 fully saturated rings. The number of thiazole rings is 1. The van der Waals surface area contributed by atoms with E-state index in [0.29, 0.717) is 23.6 Å². The van der Waals surface area contributed by atoms with Gasteiger partial charge in [0.2, 0.25) is 5.91 Å². The molecule has 1 N–H and O–H groups in total. The number of nitrogens with zero attached hydrogens (tertiary/aromatic N) is 4. The topological polar surface area (TPSA) is 87.9 Å². The van der Waals surface area contributed by atoms with Crippen molar-refractivity contribution in [1.82, 2.24) is 25.1 Å². The third-order valence-electron chi connectivity index (χ3n) is 5.98. The van der Waals surface area contributed by atoms with E-state index < -0.39 is 0 Å². The molecule has 1 aliphatic heterocycles. The van der Waals surface area contributed by atoms with Gasteiger partial charge in [-0.25, -0.2) is 4.98 Å². The van der Waals surface area contributed by atoms with Crippen LogP contribution in [0, 0.1) is 0 Å². The molecule has 0 aliphatic carbocycles. The van der Waals surface area contributed by atoms with Crippen molar-refractivity contribution in [1.29, 1.82) is 0 Å². The monoisotopic (exact) mass is 475 g/mol. The Morgan fingerprint density at radius 1 is 1.18 bits per heavy atom. The molecule has 33 heavy (non-hydrogen) atoms. The van der Waals surface area contributed by atoms with Crippen LogP contribution in [0.1, 0.15) is 23.8 Å². The molecule has 1 unspecified atom stereocenters. The fraction of sp³-hybridized carbons (Fsp3) is 0.250. The predicted octanol–water partition coefficient (Wildman–Crippen LogP) is 5.33. The quantitative estimate of drug-likeness (QED) is 0.346. The summed E-state index contributed by atoms with van der Waals surface area (Å²) < 4.78 is 7.04. The van der Waals surface area contributed by atoms with Crippen LogP contribution in [0.3, 0.4) is 0 Å². The van der Waals surface area contributed by atoms with Crippen molar-refractivity contribution in [2.45, 2.75) is 24.0 Å². The summed E-state index contributed by atoms with van der Waals surface area (Å²) in [6.45, 7) is 1.49. The molecule has 166 valence electrons. The maximum atomic E-state index is 12.9. The van der Waals surface area contributed by atoms with Crippen molar-refractivity contribution in [3.63, 3.8) is 0 Å². The lowest BCUT2D eigenvalue weighted by atomic mass is 9.99. The Hall–Kier alpha value is -3.17. The van der Waals surface area contributed by atoms with Gasteiger partial charge in [-0.3, -0.25) is 4.79 Å². The van der Waals surface area contributed by atoms with E-state index in [0.717, 1.165) is 46.4 Å². The zero-order valence-electron chi connectivity index (χ0n) is 17.7. The summed E-state index contributed by atoms with van der Waals surface area (Å²) in [5.41, 5.74) is 2.92. The van der Waals surface area contributed by atoms with Gasteiger partial charge in [0.1, 0.15) is 0 Å². The van der Waals surface area contributed by atoms with Gasteiger partial charge < -0.3 is 14.3 Å². The number of carbonyl (C=O) groups is 1. The van der Waals surface area contributed by atoms with Crippen LogP contribution in [-0.4, -0.2) is 49.8 Å². The average Bonchev–Trinajstić information content (AvgIpc) is 3.60. The number of benzene rings is 2. The Balaban J connectivity index is 1.10. The molecule has 7 nitrogen and oxygen atoms in total. The molecule has 1 aliphatic rings. The lowest BCUT2D eigenvalue weighted by Crippen LogP contribution is -2.40. The molecule has 0 bridgehead atoms. The smallest absolute Gasteiger partial charge is 0.277 e. The Morgan fingerprint density at radius 2 is 2.06 bits per heavy atom. The number of piperidine rings is 1. The number of carbonyl (C=O) groups excluding carboxylic acids is 1. The van der Waals surface area contributed by atoms with Gasteiger partial charge in [0.15, 0.2) is 0 Å². The fourth-order valence-corrected chi connectivity index (χ4v) is 6.07. The summed E-state index contributed by atoms with van der Waals surface area (Å²) in [5.74, 6) is 1.12. The van der Waals surface area contributed by atoms with Crippen molar-refractivity contribution in [2.24, 2.45) is 0 Å². The van der Waals surface area contributed by atoms with Gasteiger partial charge in [-0.05, 0) is 31.0 Å². The number of H-pyrrole nitrogens is 1. The highest BCUT2D eigenvalue weighted by Gasteiger charge is 2.27. The van der Waals surface area contributed by atoms with Crippen LogP contribution in [0.25, 0.3) is 32.6 Å². The summed E-state index contributed by atoms with van der Waals surface area (Å²) in [6.07, 6.45) is 3.92. The van der Waals surface area contributed by atoms with Crippen LogP contribution in [0.2, 0.25) is 0 Å². The minimum absolute atomic E-state index is 0.0951. The Kier molecular flexibility index (Phi) is 5.35. The zero-order valence-corrected chi connectivity index (χ0v) is 19.4. The summed E-state index contributed by atoms with van der Waals surface area (Å²) in [6, 6.07) is 16.2. The summed E-state index contributed by atoms with van der Waals surface area (Å²) in [7, 11) is 0. The van der Waals surface area contributed by atoms with Gasteiger partial charge in [0, 0.05) is 36.1 Å². The molecule has 1 atom stereocenters. The number of hydrogen-bond acceptors (Lipinski definition) is 7. The highest BCUT2D eigenvalue weighted by molar-refractivity contribution is 7.99. The maximum absolute atomic E-state index is 12.9. The number of amides is 1. The van der Waals surface area contributed by atoms with Gasteiger partial charge >= 0.3 is 0 Å². The maximum Gasteiger partial charge on any atom is 0.277 e. The van der Waals surface area contributed by atoms with E-state index in [2.05, 4.69) is 21.2 Å². The van der Waals surface area contributed by atoms with Crippen molar-refractivity contribution in [2.75, 3.05) is 18.8 Å². The van der Waals surface area contributed by atoms with E-state index in [4.69, 9.17) is 9.40 Å². The number of rotatable bonds is 5. The first kappa shape index (κ1) is 20.4. The highest BCUT2D eigenvalue weighted by Crippen LogP contribution is 2.34. The Morgan fingerprint density at radius 3 is 3.00 bits per heavy atom. The lowest BCUT2D eigenvalue weighted by Gasteiger charge is -2.31. The average molecular weight is 476 g/mol. The molecule has 0 radical (unpaired) electrons. The zero-order chi connectivity index (χ0) is 22.2. The summed E-state index contributed by atoms with van der Waals surface area (Å²) in [5, 5.41) is 10.9. The van der Waals surface area contributed by atoms with Gasteiger partial charge in [-0.15, -0.1) is 21.5 Å². The molecule has 1 saturated heterocycles. The number of thioether (sulfide) groups is 1. The largest absolute Gasteiger partial charge is 0.411 e. The number of nitrogens with one attached hydrogen (secondary N) is 1. The second kappa shape index (κ2) is 8.64. The van der Waals surface area contributed by atoms with Crippen molar-refractivity contribution in [3.8, 4) is 11.5 Å². The standard InChI is InChI=1S/C24H21N5O2S2/c30-21(29-11-5-6-15(13-29)23-26-19-9-3-4-10-20(19)33-23)14-32-24-28-27-22(31-24)17-12-25-18-8-2-1-7-16(17)18/h1-4,7-10,12,15,25H,5-6,11,13-14H2. The van der Waals surface area contributed by atoms with E-state index >= 15 is 0 Å². The van der Waals surface area contributed by atoms with Crippen LogP contribution in [0.5, 0.6) is 0 Å². The first-order chi connectivity index (χ1) is 16.2. The Labute approximate surface area is 198 Å². The number of likely N-dealkylation sites (tertiary alicyclic amines) is 1. The van der Waals surface area contributed by atoms with Crippen LogP contribution in [0.4, 0.5) is 0 Å². The molecule has 6 rings (SSSR count). The number of aromatic nitrogens is 4. The van der Waals surface area contributed by atoms with E-state index in [1.165, 1.54) is 16.5 Å². The fourth-order valence-electron chi connectivity index (χ4n) is 4.31. The number of hydrogen-bond donors (Lipinski definition) is 1. The van der Waals surface area contributed by atoms with Crippen LogP contribution in [0.15, 0.2) is 64.4 Å². The molecule has 9 heteroatoms. The molecule has 4 heterocycles. The summed E-state index contributed by atoms with van der Waals surface area (Å²) >= 11 is 3.03. The van der Waals surface area contributed by atoms with E-state index in [1.807, 2.05) is 53.6 Å². The van der Waals surface area contributed by atoms with E-state index in [9.17, 15) is 4.79 Å². The molecular weight excluding hydrogens is 454 g/mol. The number of fused-ring (bicyclic) bond motifs is 2. The van der Waals surface area contributed by atoms with Gasteiger partial charge in [0.25, 0.3) is 11.1 Å². The summed E-state index contributed by atoms with van der Waals surface area (Å²) in [4.78, 5) is 22.9. The molecule has 1 amide bonds. The van der Waals surface area contributed by atoms with Crippen molar-refractivity contribution in [3.05, 3.63) is 59.7 Å². The number of aromatic amines is 1. The molecule has 2 aromatic carbocycles. The van der Waals surface area contributed by atoms with Gasteiger partial charge in [0.05, 0.1) is 26.5 Å². The normalized spacial score (nSPS) is 16.6. The third-order valence-corrected chi connectivity index (χ3v) is 7.98. The predicted molar refractivity (Wildman–Crippen MR) is 130 cm³/mol. The van der Waals surface area contributed by atoms with E-state index in [1.54, 1.807) is 11.3 Å². The minimum Gasteiger partial charge on any atom is -0.411 e. The second-order valence-electron chi connectivity index (χ2n) is 8.11.